The zero-order valence-corrected chi connectivity index (χ0v) is 23.1. The van der Waals surface area contributed by atoms with Crippen molar-refractivity contribution in [3.63, 3.8) is 0 Å². The van der Waals surface area contributed by atoms with Crippen molar-refractivity contribution in [3.8, 4) is 0 Å². The second-order valence-electron chi connectivity index (χ2n) is 11.7. The Labute approximate surface area is 215 Å². The highest BCUT2D eigenvalue weighted by Gasteiger charge is 2.65. The van der Waals surface area contributed by atoms with Crippen LogP contribution in [0.3, 0.4) is 0 Å². The molecule has 3 aliphatic rings. The quantitative estimate of drug-likeness (QED) is 0.291. The summed E-state index contributed by atoms with van der Waals surface area (Å²) in [6.45, 7) is 11.7. The average molecular weight is 526 g/mol. The number of unbranched alkanes of at least 4 members (excludes halogenated alkanes) is 1. The molecule has 0 aromatic carbocycles. The minimum Gasteiger partial charge on any atom is -0.446 e. The molecule has 3 fully saturated rings. The Bertz CT molecular complexity index is 897. The number of hydrogen-bond donors (Lipinski definition) is 3. The molecule has 0 aromatic rings. The van der Waals surface area contributed by atoms with Crippen molar-refractivity contribution < 1.29 is 28.6 Å². The molecule has 2 saturated carbocycles. The fraction of sp³-hybridized carbons (Fsp3) is 0.808. The molecule has 204 valence electrons. The van der Waals surface area contributed by atoms with Crippen LogP contribution >= 0.6 is 7.37 Å². The average Bonchev–Trinajstić information content (AvgIpc) is 3.15. The van der Waals surface area contributed by atoms with Crippen molar-refractivity contribution in [3.05, 3.63) is 12.7 Å². The van der Waals surface area contributed by atoms with E-state index in [0.717, 1.165) is 32.1 Å². The fourth-order valence-corrected chi connectivity index (χ4v) is 8.02. The minimum atomic E-state index is -3.67. The van der Waals surface area contributed by atoms with Gasteiger partial charge in [0.05, 0.1) is 0 Å². The van der Waals surface area contributed by atoms with Crippen molar-refractivity contribution in [1.82, 2.24) is 15.5 Å². The largest absolute Gasteiger partial charge is 0.446 e. The summed E-state index contributed by atoms with van der Waals surface area (Å²) in [5.74, 6) is -1.03. The minimum absolute atomic E-state index is 0.125. The van der Waals surface area contributed by atoms with Crippen LogP contribution in [-0.2, 0) is 18.9 Å². The third-order valence-electron chi connectivity index (χ3n) is 7.84. The van der Waals surface area contributed by atoms with Crippen LogP contribution in [0.15, 0.2) is 12.7 Å². The number of amides is 3. The van der Waals surface area contributed by atoms with E-state index in [2.05, 4.69) is 17.2 Å². The lowest BCUT2D eigenvalue weighted by Crippen LogP contribution is -2.58. The number of alkyl carbamates (subject to hydrolysis) is 1. The lowest BCUT2D eigenvalue weighted by molar-refractivity contribution is -0.142. The molecule has 9 nitrogen and oxygen atoms in total. The van der Waals surface area contributed by atoms with E-state index in [9.17, 15) is 23.8 Å². The van der Waals surface area contributed by atoms with Gasteiger partial charge in [-0.1, -0.05) is 40.2 Å². The van der Waals surface area contributed by atoms with Crippen molar-refractivity contribution in [2.75, 3.05) is 12.7 Å². The predicted molar refractivity (Wildman–Crippen MR) is 139 cm³/mol. The van der Waals surface area contributed by atoms with Crippen LogP contribution in [0.5, 0.6) is 0 Å². The molecule has 10 heteroatoms. The number of hydrogen-bond acceptors (Lipinski definition) is 5. The summed E-state index contributed by atoms with van der Waals surface area (Å²) in [5, 5.41) is 4.44. The predicted octanol–water partition coefficient (Wildman–Crippen LogP) is 4.15. The number of carbonyl (C=O) groups is 3. The van der Waals surface area contributed by atoms with Crippen LogP contribution in [0.25, 0.3) is 0 Å². The summed E-state index contributed by atoms with van der Waals surface area (Å²) in [6, 6.07) is -1.63. The lowest BCUT2D eigenvalue weighted by Gasteiger charge is -2.36. The van der Waals surface area contributed by atoms with Gasteiger partial charge in [0.1, 0.15) is 23.5 Å². The maximum Gasteiger partial charge on any atom is 0.408 e. The topological polar surface area (TPSA) is 125 Å². The van der Waals surface area contributed by atoms with Gasteiger partial charge in [0.25, 0.3) is 0 Å². The Morgan fingerprint density at radius 3 is 2.44 bits per heavy atom. The summed E-state index contributed by atoms with van der Waals surface area (Å²) >= 11 is 0. The number of rotatable bonds is 10. The molecule has 0 spiro atoms. The molecule has 3 amide bonds. The highest BCUT2D eigenvalue weighted by atomic mass is 31.2. The van der Waals surface area contributed by atoms with Gasteiger partial charge in [-0.2, -0.15) is 0 Å². The first-order valence-corrected chi connectivity index (χ1v) is 15.2. The Kier molecular flexibility index (Phi) is 8.98. The van der Waals surface area contributed by atoms with Gasteiger partial charge in [0.2, 0.25) is 19.2 Å². The summed E-state index contributed by atoms with van der Waals surface area (Å²) < 4.78 is 18.8. The molecule has 36 heavy (non-hydrogen) atoms. The molecule has 1 aliphatic heterocycles. The van der Waals surface area contributed by atoms with Crippen LogP contribution in [-0.4, -0.2) is 63.9 Å². The number of likely N-dealkylation sites (tertiary alicyclic amines) is 1. The molecule has 0 bridgehead atoms. The van der Waals surface area contributed by atoms with Gasteiger partial charge < -0.3 is 25.2 Å². The van der Waals surface area contributed by atoms with Crippen molar-refractivity contribution in [1.29, 1.82) is 0 Å². The van der Waals surface area contributed by atoms with E-state index in [4.69, 9.17) is 4.74 Å². The Balaban J connectivity index is 1.72. The molecule has 0 aromatic heterocycles. The van der Waals surface area contributed by atoms with E-state index in [0.29, 0.717) is 32.2 Å². The number of nitrogens with zero attached hydrogens (tertiary/aromatic N) is 1. The third-order valence-corrected chi connectivity index (χ3v) is 10.6. The molecular formula is C26H44N3O6P. The van der Waals surface area contributed by atoms with Crippen LogP contribution in [0.4, 0.5) is 4.79 Å². The van der Waals surface area contributed by atoms with Crippen LogP contribution in [0.2, 0.25) is 0 Å². The highest BCUT2D eigenvalue weighted by molar-refractivity contribution is 7.60. The second-order valence-corrected chi connectivity index (χ2v) is 14.3. The SMILES string of the molecule is C=C[C@@H]1C[C@]1(NC(=O)[C@@H]1CCCN1C(=O)C(NC(=O)OC1CCCC1)C(C)(C)C)P(=O)(O)CCCC. The van der Waals surface area contributed by atoms with Crippen molar-refractivity contribution in [2.24, 2.45) is 11.3 Å². The molecule has 3 N–H and O–H groups in total. The monoisotopic (exact) mass is 525 g/mol. The first-order valence-electron chi connectivity index (χ1n) is 13.4. The van der Waals surface area contributed by atoms with Crippen LogP contribution < -0.4 is 10.6 Å². The molecule has 2 unspecified atom stereocenters. The molecule has 2 aliphatic carbocycles. The smallest absolute Gasteiger partial charge is 0.408 e. The van der Waals surface area contributed by atoms with Crippen LogP contribution in [0.1, 0.15) is 85.5 Å². The van der Waals surface area contributed by atoms with Gasteiger partial charge in [-0.3, -0.25) is 14.2 Å². The third kappa shape index (κ3) is 6.16. The Morgan fingerprint density at radius 2 is 1.89 bits per heavy atom. The second kappa shape index (κ2) is 11.3. The van der Waals surface area contributed by atoms with Gasteiger partial charge in [-0.15, -0.1) is 6.58 Å². The van der Waals surface area contributed by atoms with Crippen LogP contribution in [0, 0.1) is 11.3 Å². The van der Waals surface area contributed by atoms with E-state index >= 15 is 0 Å². The molecule has 1 saturated heterocycles. The first-order chi connectivity index (χ1) is 16.9. The van der Waals surface area contributed by atoms with Crippen molar-refractivity contribution >= 4 is 25.3 Å². The molecule has 3 rings (SSSR count). The zero-order valence-electron chi connectivity index (χ0n) is 22.3. The summed E-state index contributed by atoms with van der Waals surface area (Å²) in [4.78, 5) is 52.1. The van der Waals surface area contributed by atoms with Crippen molar-refractivity contribution in [2.45, 2.75) is 109 Å². The lowest BCUT2D eigenvalue weighted by atomic mass is 9.85. The van der Waals surface area contributed by atoms with E-state index in [-0.39, 0.29) is 24.1 Å². The highest BCUT2D eigenvalue weighted by Crippen LogP contribution is 2.69. The maximum atomic E-state index is 13.7. The van der Waals surface area contributed by atoms with Gasteiger partial charge in [-0.25, -0.2) is 4.79 Å². The Hall–Kier alpha value is -1.86. The normalized spacial score (nSPS) is 28.8. The molecular weight excluding hydrogens is 481 g/mol. The van der Waals surface area contributed by atoms with E-state index in [1.54, 1.807) is 6.08 Å². The van der Waals surface area contributed by atoms with Gasteiger partial charge in [-0.05, 0) is 56.8 Å². The number of carbonyl (C=O) groups excluding carboxylic acids is 3. The van der Waals surface area contributed by atoms with E-state index in [1.807, 2.05) is 27.7 Å². The van der Waals surface area contributed by atoms with Gasteiger partial charge in [0, 0.05) is 18.6 Å². The van der Waals surface area contributed by atoms with E-state index < -0.39 is 42.1 Å². The zero-order chi connectivity index (χ0) is 26.7. The van der Waals surface area contributed by atoms with Gasteiger partial charge >= 0.3 is 6.09 Å². The molecule has 5 atom stereocenters. The summed E-state index contributed by atoms with van der Waals surface area (Å²) in [7, 11) is -3.67. The fourth-order valence-electron chi connectivity index (χ4n) is 5.48. The van der Waals surface area contributed by atoms with E-state index in [1.165, 1.54) is 4.90 Å². The number of ether oxygens (including phenoxy) is 1. The Morgan fingerprint density at radius 1 is 1.22 bits per heavy atom. The van der Waals surface area contributed by atoms with Gasteiger partial charge in [0.15, 0.2) is 0 Å². The summed E-state index contributed by atoms with van der Waals surface area (Å²) in [5.41, 5.74) is -0.609. The first kappa shape index (κ1) is 28.7. The molecule has 0 radical (unpaired) electrons. The number of nitrogens with one attached hydrogen (secondary N) is 2. The standard InChI is InChI=1S/C26H44N3O6P/c1-6-8-16-36(33,34)26(17-18(26)7-2)28-22(30)20-14-11-15-29(20)23(31)21(25(3,4)5)27-24(32)35-19-12-9-10-13-19/h7,18-21H,2,6,8-17H2,1,3-5H3,(H,27,32)(H,28,30)(H,33,34)/t18-,20+,21?,26+/m1/s1. The molecule has 1 heterocycles. The summed E-state index contributed by atoms with van der Waals surface area (Å²) in [6.07, 6.45) is 7.59. The maximum absolute atomic E-state index is 13.7.